The summed E-state index contributed by atoms with van der Waals surface area (Å²) < 4.78 is 15.8. The molecule has 0 saturated heterocycles. The van der Waals surface area contributed by atoms with Crippen LogP contribution in [0.25, 0.3) is 0 Å². The van der Waals surface area contributed by atoms with Crippen LogP contribution in [0.4, 0.5) is 0 Å². The molecule has 0 aliphatic carbocycles. The molecule has 0 unspecified atom stereocenters. The van der Waals surface area contributed by atoms with Crippen molar-refractivity contribution in [2.45, 2.75) is 20.5 Å². The summed E-state index contributed by atoms with van der Waals surface area (Å²) in [5.74, 6) is 0.935. The van der Waals surface area contributed by atoms with Crippen molar-refractivity contribution in [3.05, 3.63) is 52.4 Å². The first-order valence-corrected chi connectivity index (χ1v) is 6.63. The summed E-state index contributed by atoms with van der Waals surface area (Å²) in [4.78, 5) is 11.5. The molecule has 0 fully saturated rings. The average Bonchev–Trinajstić information content (AvgIpc) is 2.90. The molecule has 0 N–H and O–H groups in total. The molecule has 2 aromatic rings. The minimum absolute atomic E-state index is 0.174. The van der Waals surface area contributed by atoms with Crippen LogP contribution >= 0.6 is 11.6 Å². The van der Waals surface area contributed by atoms with Gasteiger partial charge in [-0.3, -0.25) is 0 Å². The number of carbonyl (C=O) groups is 1. The summed E-state index contributed by atoms with van der Waals surface area (Å²) >= 11 is 6.01. The molecule has 4 nitrogen and oxygen atoms in total. The maximum atomic E-state index is 11.5. The molecule has 1 aromatic carbocycles. The van der Waals surface area contributed by atoms with Crippen LogP contribution < -0.4 is 4.74 Å². The van der Waals surface area contributed by atoms with Gasteiger partial charge in [0.1, 0.15) is 18.1 Å². The van der Waals surface area contributed by atoms with Gasteiger partial charge in [-0.2, -0.15) is 0 Å². The van der Waals surface area contributed by atoms with Gasteiger partial charge in [0.2, 0.25) is 5.76 Å². The van der Waals surface area contributed by atoms with Crippen LogP contribution in [0.3, 0.4) is 0 Å². The zero-order chi connectivity index (χ0) is 14.5. The Labute approximate surface area is 122 Å². The molecule has 0 radical (unpaired) electrons. The van der Waals surface area contributed by atoms with E-state index in [1.54, 1.807) is 25.1 Å². The lowest BCUT2D eigenvalue weighted by molar-refractivity contribution is 0.0486. The van der Waals surface area contributed by atoms with Crippen molar-refractivity contribution in [2.75, 3.05) is 6.61 Å². The molecule has 5 heteroatoms. The third-order valence-electron chi connectivity index (χ3n) is 2.73. The molecule has 0 aliphatic rings. The lowest BCUT2D eigenvalue weighted by Gasteiger charge is -2.08. The van der Waals surface area contributed by atoms with E-state index in [1.165, 1.54) is 0 Å². The first-order valence-electron chi connectivity index (χ1n) is 6.25. The van der Waals surface area contributed by atoms with E-state index >= 15 is 0 Å². The van der Waals surface area contributed by atoms with Crippen LogP contribution in [-0.4, -0.2) is 12.6 Å². The van der Waals surface area contributed by atoms with E-state index < -0.39 is 5.97 Å². The Bertz CT molecular complexity index is 604. The largest absolute Gasteiger partial charge is 0.485 e. The van der Waals surface area contributed by atoms with E-state index in [4.69, 9.17) is 25.5 Å². The highest BCUT2D eigenvalue weighted by molar-refractivity contribution is 6.31. The van der Waals surface area contributed by atoms with Crippen LogP contribution in [0.15, 0.2) is 34.7 Å². The molecule has 20 heavy (non-hydrogen) atoms. The highest BCUT2D eigenvalue weighted by Gasteiger charge is 2.12. The summed E-state index contributed by atoms with van der Waals surface area (Å²) in [5.41, 5.74) is 0.867. The van der Waals surface area contributed by atoms with Gasteiger partial charge in [-0.25, -0.2) is 4.79 Å². The second kappa shape index (κ2) is 6.48. The number of rotatable bonds is 5. The van der Waals surface area contributed by atoms with Gasteiger partial charge in [0, 0.05) is 10.6 Å². The first kappa shape index (κ1) is 14.5. The molecular formula is C15H15ClO4. The van der Waals surface area contributed by atoms with Crippen LogP contribution in [0.1, 0.15) is 28.8 Å². The minimum Gasteiger partial charge on any atom is -0.485 e. The van der Waals surface area contributed by atoms with Crippen LogP contribution in [0.5, 0.6) is 5.75 Å². The van der Waals surface area contributed by atoms with Crippen LogP contribution in [0, 0.1) is 6.92 Å². The van der Waals surface area contributed by atoms with Crippen molar-refractivity contribution in [3.8, 4) is 5.75 Å². The molecule has 0 spiro atoms. The fourth-order valence-electron chi connectivity index (χ4n) is 1.66. The van der Waals surface area contributed by atoms with Gasteiger partial charge in [0.15, 0.2) is 0 Å². The molecule has 106 valence electrons. The number of hydrogen-bond donors (Lipinski definition) is 0. The SMILES string of the molecule is CCOC(=O)c1ccc(COc2cccc(Cl)c2C)o1. The van der Waals surface area contributed by atoms with Crippen molar-refractivity contribution >= 4 is 17.6 Å². The average molecular weight is 295 g/mol. The maximum Gasteiger partial charge on any atom is 0.374 e. The number of esters is 1. The second-order valence-electron chi connectivity index (χ2n) is 4.14. The minimum atomic E-state index is -0.474. The third-order valence-corrected chi connectivity index (χ3v) is 3.14. The summed E-state index contributed by atoms with van der Waals surface area (Å²) in [6.07, 6.45) is 0. The third kappa shape index (κ3) is 3.33. The van der Waals surface area contributed by atoms with E-state index in [9.17, 15) is 4.79 Å². The van der Waals surface area contributed by atoms with Crippen LogP contribution in [0.2, 0.25) is 5.02 Å². The monoisotopic (exact) mass is 294 g/mol. The van der Waals surface area contributed by atoms with Gasteiger partial charge in [-0.1, -0.05) is 17.7 Å². The molecule has 1 heterocycles. The summed E-state index contributed by atoms with van der Waals surface area (Å²) in [6.45, 7) is 4.16. The van der Waals surface area contributed by atoms with Crippen molar-refractivity contribution in [2.24, 2.45) is 0 Å². The van der Waals surface area contributed by atoms with E-state index in [0.717, 1.165) is 5.56 Å². The predicted octanol–water partition coefficient (Wildman–Crippen LogP) is 4.00. The second-order valence-corrected chi connectivity index (χ2v) is 4.55. The summed E-state index contributed by atoms with van der Waals surface area (Å²) in [7, 11) is 0. The van der Waals surface area contributed by atoms with Gasteiger partial charge in [0.25, 0.3) is 0 Å². The number of ether oxygens (including phenoxy) is 2. The van der Waals surface area contributed by atoms with Crippen molar-refractivity contribution in [1.29, 1.82) is 0 Å². The molecule has 0 atom stereocenters. The van der Waals surface area contributed by atoms with Gasteiger partial charge in [0.05, 0.1) is 6.61 Å². The number of hydrogen-bond acceptors (Lipinski definition) is 4. The standard InChI is InChI=1S/C15H15ClO4/c1-3-18-15(17)14-8-7-11(20-14)9-19-13-6-4-5-12(16)10(13)2/h4-8H,3,9H2,1-2H3. The Morgan fingerprint density at radius 1 is 1.30 bits per heavy atom. The van der Waals surface area contributed by atoms with E-state index in [0.29, 0.717) is 23.1 Å². The van der Waals surface area contributed by atoms with Crippen molar-refractivity contribution < 1.29 is 18.7 Å². The summed E-state index contributed by atoms with van der Waals surface area (Å²) in [6, 6.07) is 8.70. The molecule has 2 rings (SSSR count). The summed E-state index contributed by atoms with van der Waals surface area (Å²) in [5, 5.41) is 0.647. The Kier molecular flexibility index (Phi) is 4.69. The predicted molar refractivity (Wildman–Crippen MR) is 75.2 cm³/mol. The van der Waals surface area contributed by atoms with Gasteiger partial charge >= 0.3 is 5.97 Å². The Hall–Kier alpha value is -1.94. The van der Waals surface area contributed by atoms with Gasteiger partial charge in [-0.05, 0) is 38.1 Å². The lowest BCUT2D eigenvalue weighted by atomic mass is 10.2. The number of furan rings is 1. The highest BCUT2D eigenvalue weighted by Crippen LogP contribution is 2.26. The highest BCUT2D eigenvalue weighted by atomic mass is 35.5. The smallest absolute Gasteiger partial charge is 0.374 e. The maximum absolute atomic E-state index is 11.5. The lowest BCUT2D eigenvalue weighted by Crippen LogP contribution is -2.02. The van der Waals surface area contributed by atoms with Gasteiger partial charge in [-0.15, -0.1) is 0 Å². The molecule has 0 saturated carbocycles. The Morgan fingerprint density at radius 2 is 2.10 bits per heavy atom. The Balaban J connectivity index is 2.01. The number of benzene rings is 1. The molecule has 0 amide bonds. The number of halogens is 1. The number of carbonyl (C=O) groups excluding carboxylic acids is 1. The normalized spacial score (nSPS) is 10.3. The molecule has 0 aliphatic heterocycles. The van der Waals surface area contributed by atoms with Crippen molar-refractivity contribution in [3.63, 3.8) is 0 Å². The fraction of sp³-hybridized carbons (Fsp3) is 0.267. The van der Waals surface area contributed by atoms with Gasteiger partial charge < -0.3 is 13.9 Å². The van der Waals surface area contributed by atoms with Crippen LogP contribution in [-0.2, 0) is 11.3 Å². The molecule has 1 aromatic heterocycles. The molecule has 0 bridgehead atoms. The van der Waals surface area contributed by atoms with E-state index in [1.807, 2.05) is 19.1 Å². The fourth-order valence-corrected chi connectivity index (χ4v) is 1.83. The topological polar surface area (TPSA) is 48.7 Å². The van der Waals surface area contributed by atoms with Crippen molar-refractivity contribution in [1.82, 2.24) is 0 Å². The Morgan fingerprint density at radius 3 is 2.85 bits per heavy atom. The zero-order valence-electron chi connectivity index (χ0n) is 11.3. The molecular weight excluding hydrogens is 280 g/mol. The van der Waals surface area contributed by atoms with E-state index in [2.05, 4.69) is 0 Å². The zero-order valence-corrected chi connectivity index (χ0v) is 12.1. The quantitative estimate of drug-likeness (QED) is 0.782. The van der Waals surface area contributed by atoms with E-state index in [-0.39, 0.29) is 12.4 Å². The first-order chi connectivity index (χ1) is 9.61.